The van der Waals surface area contributed by atoms with E-state index in [0.717, 1.165) is 16.1 Å². The van der Waals surface area contributed by atoms with Crippen molar-refractivity contribution in [3.63, 3.8) is 0 Å². The summed E-state index contributed by atoms with van der Waals surface area (Å²) < 4.78 is 38.6. The summed E-state index contributed by atoms with van der Waals surface area (Å²) in [5.41, 5.74) is 5.10. The number of benzene rings is 1. The first-order chi connectivity index (χ1) is 9.36. The summed E-state index contributed by atoms with van der Waals surface area (Å²) in [5, 5.41) is 2.79. The molecule has 0 atom stereocenters. The van der Waals surface area contributed by atoms with E-state index in [1.54, 1.807) is 0 Å². The first kappa shape index (κ1) is 14.6. The molecule has 0 amide bonds. The fraction of sp³-hybridized carbons (Fsp3) is 0.167. The van der Waals surface area contributed by atoms with Gasteiger partial charge in [0.05, 0.1) is 0 Å². The molecule has 0 saturated carbocycles. The van der Waals surface area contributed by atoms with Crippen molar-refractivity contribution in [2.75, 3.05) is 11.1 Å². The molecule has 0 unspecified atom stereocenters. The number of nitrogen functional groups attached to an aromatic ring is 1. The van der Waals surface area contributed by atoms with Gasteiger partial charge in [0.25, 0.3) is 0 Å². The number of hydrogen-bond donors (Lipinski definition) is 2. The zero-order valence-electron chi connectivity index (χ0n) is 10.1. The third-order valence-corrected chi connectivity index (χ3v) is 3.23. The average molecular weight is 347 g/mol. The Morgan fingerprint density at radius 3 is 2.55 bits per heavy atom. The van der Waals surface area contributed by atoms with Gasteiger partial charge in [-0.2, -0.15) is 18.2 Å². The molecule has 0 fully saturated rings. The summed E-state index contributed by atoms with van der Waals surface area (Å²) in [5.74, 6) is -0.393. The van der Waals surface area contributed by atoms with Crippen LogP contribution in [0.25, 0.3) is 0 Å². The lowest BCUT2D eigenvalue weighted by Crippen LogP contribution is -2.13. The van der Waals surface area contributed by atoms with Crippen molar-refractivity contribution >= 4 is 27.7 Å². The van der Waals surface area contributed by atoms with E-state index < -0.39 is 17.8 Å². The normalized spacial score (nSPS) is 11.4. The fourth-order valence-electron chi connectivity index (χ4n) is 1.53. The Balaban J connectivity index is 2.18. The van der Waals surface area contributed by atoms with Gasteiger partial charge in [-0.3, -0.25) is 0 Å². The molecule has 106 valence electrons. The minimum atomic E-state index is -4.55. The van der Waals surface area contributed by atoms with Gasteiger partial charge in [-0.1, -0.05) is 34.1 Å². The van der Waals surface area contributed by atoms with E-state index in [9.17, 15) is 13.2 Å². The standard InChI is InChI=1S/C12H10BrF3N4/c13-8-4-2-1-3-7(8)6-18-10-5-9(12(14,15)16)19-11(17)20-10/h1-5H,6H2,(H3,17,18,19,20). The molecule has 1 heterocycles. The largest absolute Gasteiger partial charge is 0.433 e. The maximum Gasteiger partial charge on any atom is 0.433 e. The first-order valence-electron chi connectivity index (χ1n) is 5.55. The van der Waals surface area contributed by atoms with Crippen LogP contribution in [-0.4, -0.2) is 9.97 Å². The van der Waals surface area contributed by atoms with Gasteiger partial charge in [0, 0.05) is 17.1 Å². The average Bonchev–Trinajstić information content (AvgIpc) is 2.36. The van der Waals surface area contributed by atoms with Crippen molar-refractivity contribution in [2.45, 2.75) is 12.7 Å². The molecule has 0 aliphatic carbocycles. The van der Waals surface area contributed by atoms with Crippen molar-refractivity contribution < 1.29 is 13.2 Å². The van der Waals surface area contributed by atoms with E-state index in [2.05, 4.69) is 31.2 Å². The predicted octanol–water partition coefficient (Wildman–Crippen LogP) is 3.45. The van der Waals surface area contributed by atoms with Crippen LogP contribution < -0.4 is 11.1 Å². The molecular weight excluding hydrogens is 337 g/mol. The third kappa shape index (κ3) is 3.60. The number of hydrogen-bond acceptors (Lipinski definition) is 4. The molecule has 0 bridgehead atoms. The highest BCUT2D eigenvalue weighted by molar-refractivity contribution is 9.10. The number of nitrogens with two attached hydrogens (primary N) is 1. The molecule has 20 heavy (non-hydrogen) atoms. The highest BCUT2D eigenvalue weighted by atomic mass is 79.9. The van der Waals surface area contributed by atoms with Crippen molar-refractivity contribution in [2.24, 2.45) is 0 Å². The number of aromatic nitrogens is 2. The van der Waals surface area contributed by atoms with Crippen LogP contribution in [0.5, 0.6) is 0 Å². The number of rotatable bonds is 3. The van der Waals surface area contributed by atoms with Crippen molar-refractivity contribution in [3.8, 4) is 0 Å². The van der Waals surface area contributed by atoms with Gasteiger partial charge >= 0.3 is 6.18 Å². The van der Waals surface area contributed by atoms with E-state index >= 15 is 0 Å². The lowest BCUT2D eigenvalue weighted by atomic mass is 10.2. The molecule has 0 aliphatic heterocycles. The molecule has 1 aromatic carbocycles. The number of halogens is 4. The third-order valence-electron chi connectivity index (χ3n) is 2.45. The van der Waals surface area contributed by atoms with Gasteiger partial charge in [-0.05, 0) is 11.6 Å². The molecular formula is C12H10BrF3N4. The molecule has 0 aliphatic rings. The van der Waals surface area contributed by atoms with E-state index in [0.29, 0.717) is 6.54 Å². The van der Waals surface area contributed by atoms with Crippen LogP contribution in [0.15, 0.2) is 34.8 Å². The summed E-state index contributed by atoms with van der Waals surface area (Å²) in [7, 11) is 0. The van der Waals surface area contributed by atoms with Crippen LogP contribution in [0.1, 0.15) is 11.3 Å². The molecule has 0 spiro atoms. The smallest absolute Gasteiger partial charge is 0.368 e. The van der Waals surface area contributed by atoms with Crippen LogP contribution in [0, 0.1) is 0 Å². The van der Waals surface area contributed by atoms with Crippen molar-refractivity contribution in [1.82, 2.24) is 9.97 Å². The summed E-state index contributed by atoms with van der Waals surface area (Å²) in [6, 6.07) is 8.18. The molecule has 2 rings (SSSR count). The predicted molar refractivity (Wildman–Crippen MR) is 72.9 cm³/mol. The van der Waals surface area contributed by atoms with Crippen LogP contribution in [0.3, 0.4) is 0 Å². The molecule has 1 aromatic heterocycles. The van der Waals surface area contributed by atoms with Crippen LogP contribution in [0.2, 0.25) is 0 Å². The second-order valence-corrected chi connectivity index (χ2v) is 4.79. The maximum atomic E-state index is 12.6. The summed E-state index contributed by atoms with van der Waals surface area (Å²) in [4.78, 5) is 6.90. The first-order valence-corrected chi connectivity index (χ1v) is 6.34. The summed E-state index contributed by atoms with van der Waals surface area (Å²) in [6.45, 7) is 0.315. The van der Waals surface area contributed by atoms with E-state index in [-0.39, 0.29) is 5.82 Å². The molecule has 2 aromatic rings. The van der Waals surface area contributed by atoms with Crippen molar-refractivity contribution in [1.29, 1.82) is 0 Å². The maximum absolute atomic E-state index is 12.6. The fourth-order valence-corrected chi connectivity index (χ4v) is 1.95. The monoisotopic (exact) mass is 346 g/mol. The summed E-state index contributed by atoms with van der Waals surface area (Å²) in [6.07, 6.45) is -4.55. The van der Waals surface area contributed by atoms with Gasteiger partial charge in [-0.25, -0.2) is 4.98 Å². The second kappa shape index (κ2) is 5.66. The van der Waals surface area contributed by atoms with Gasteiger partial charge in [0.15, 0.2) is 5.69 Å². The molecule has 4 nitrogen and oxygen atoms in total. The zero-order valence-corrected chi connectivity index (χ0v) is 11.7. The van der Waals surface area contributed by atoms with E-state index in [1.165, 1.54) is 0 Å². The Hall–Kier alpha value is -1.83. The SMILES string of the molecule is Nc1nc(NCc2ccccc2Br)cc(C(F)(F)F)n1. The van der Waals surface area contributed by atoms with Gasteiger partial charge in [0.2, 0.25) is 5.95 Å². The van der Waals surface area contributed by atoms with E-state index in [4.69, 9.17) is 5.73 Å². The van der Waals surface area contributed by atoms with Crippen molar-refractivity contribution in [3.05, 3.63) is 46.1 Å². The quantitative estimate of drug-likeness (QED) is 0.893. The highest BCUT2D eigenvalue weighted by Gasteiger charge is 2.33. The lowest BCUT2D eigenvalue weighted by Gasteiger charge is -2.11. The van der Waals surface area contributed by atoms with Crippen LogP contribution in [-0.2, 0) is 12.7 Å². The lowest BCUT2D eigenvalue weighted by molar-refractivity contribution is -0.141. The Bertz CT molecular complexity index is 616. The molecule has 8 heteroatoms. The molecule has 0 saturated heterocycles. The number of nitrogens with zero attached hydrogens (tertiary/aromatic N) is 2. The Kier molecular flexibility index (Phi) is 4.12. The second-order valence-electron chi connectivity index (χ2n) is 3.94. The minimum absolute atomic E-state index is 0.0283. The number of nitrogens with one attached hydrogen (secondary N) is 1. The van der Waals surface area contributed by atoms with Gasteiger partial charge < -0.3 is 11.1 Å². The van der Waals surface area contributed by atoms with Crippen LogP contribution in [0.4, 0.5) is 24.9 Å². The molecule has 0 radical (unpaired) electrons. The highest BCUT2D eigenvalue weighted by Crippen LogP contribution is 2.29. The van der Waals surface area contributed by atoms with Gasteiger partial charge in [-0.15, -0.1) is 0 Å². The Labute approximate surface area is 121 Å². The number of anilines is 2. The Morgan fingerprint density at radius 2 is 1.90 bits per heavy atom. The number of alkyl halides is 3. The van der Waals surface area contributed by atoms with E-state index in [1.807, 2.05) is 24.3 Å². The topological polar surface area (TPSA) is 63.8 Å². The minimum Gasteiger partial charge on any atom is -0.368 e. The van der Waals surface area contributed by atoms with Crippen LogP contribution >= 0.6 is 15.9 Å². The summed E-state index contributed by atoms with van der Waals surface area (Å²) >= 11 is 3.35. The Morgan fingerprint density at radius 1 is 1.20 bits per heavy atom. The van der Waals surface area contributed by atoms with Gasteiger partial charge in [0.1, 0.15) is 5.82 Å². The molecule has 3 N–H and O–H groups in total. The zero-order chi connectivity index (χ0) is 14.8.